The quantitative estimate of drug-likeness (QED) is 0.432. The Morgan fingerprint density at radius 3 is 2.34 bits per heavy atom. The Labute approximate surface area is 213 Å². The molecule has 11 atom stereocenters. The molecule has 4 saturated carbocycles. The van der Waals surface area contributed by atoms with Crippen LogP contribution in [-0.2, 0) is 14.3 Å². The van der Waals surface area contributed by atoms with Gasteiger partial charge in [-0.15, -0.1) is 0 Å². The third-order valence-corrected chi connectivity index (χ3v) is 11.8. The molecule has 0 radical (unpaired) electrons. The summed E-state index contributed by atoms with van der Waals surface area (Å²) in [7, 11) is -3.64. The highest BCUT2D eigenvalue weighted by atomic mass is 32.2. The van der Waals surface area contributed by atoms with Gasteiger partial charge in [0.15, 0.2) is 0 Å². The van der Waals surface area contributed by atoms with Gasteiger partial charge in [0.1, 0.15) is 0 Å². The van der Waals surface area contributed by atoms with Crippen molar-refractivity contribution in [3.8, 4) is 0 Å². The van der Waals surface area contributed by atoms with Crippen LogP contribution in [0, 0.1) is 46.3 Å². The van der Waals surface area contributed by atoms with Crippen molar-refractivity contribution in [2.24, 2.45) is 46.3 Å². The Morgan fingerprint density at radius 1 is 1.03 bits per heavy atom. The summed E-state index contributed by atoms with van der Waals surface area (Å²) >= 11 is 0. The van der Waals surface area contributed by atoms with Crippen molar-refractivity contribution in [1.29, 1.82) is 0 Å². The van der Waals surface area contributed by atoms with Gasteiger partial charge in [0, 0.05) is 5.41 Å². The number of hydrogen-bond donors (Lipinski definition) is 3. The summed E-state index contributed by atoms with van der Waals surface area (Å²) in [6.07, 6.45) is 8.50. The van der Waals surface area contributed by atoms with Crippen LogP contribution in [0.25, 0.3) is 0 Å². The first-order valence-corrected chi connectivity index (χ1v) is 15.8. The lowest BCUT2D eigenvalue weighted by Gasteiger charge is -2.63. The molecule has 0 saturated heterocycles. The van der Waals surface area contributed by atoms with Gasteiger partial charge < -0.3 is 15.3 Å². The number of fused-ring (bicyclic) bond motifs is 5. The average Bonchev–Trinajstić information content (AvgIpc) is 3.05. The van der Waals surface area contributed by atoms with Gasteiger partial charge in [0.25, 0.3) is 10.1 Å². The fourth-order valence-corrected chi connectivity index (χ4v) is 10.3. The Balaban J connectivity index is 1.58. The molecule has 0 aromatic heterocycles. The summed E-state index contributed by atoms with van der Waals surface area (Å²) < 4.78 is 30.2. The standard InChI is InChI=1S/C28H50O6S/c1-17(8-7-12-26(2,3)31)20-9-10-21-19-16-24(34-35(6,32)33)23-14-18(29)15-25(30)28(23,5)22(19)11-13-27(20,21)4/h17-25,29-31H,7-16H2,1-6H3/t17-,18?,19+,20-,21+,22+,23-,24-,25+,27-,28-/m1/s1. The number of rotatable bonds is 7. The SMILES string of the molecule is C[C@H](CCCC(C)(C)O)[C@H]1CC[C@H]2[C@@H]3C[C@@H](OS(C)(=O)=O)[C@H]4CC(O)C[C@H](O)[C@]4(C)[C@H]3CC[C@]12C. The van der Waals surface area contributed by atoms with Gasteiger partial charge >= 0.3 is 0 Å². The number of aliphatic hydroxyl groups is 3. The van der Waals surface area contributed by atoms with Gasteiger partial charge in [0.05, 0.1) is 30.2 Å². The van der Waals surface area contributed by atoms with E-state index < -0.39 is 39.4 Å². The molecule has 3 N–H and O–H groups in total. The molecule has 0 amide bonds. The molecular weight excluding hydrogens is 464 g/mol. The van der Waals surface area contributed by atoms with Crippen LogP contribution < -0.4 is 0 Å². The maximum Gasteiger partial charge on any atom is 0.264 e. The minimum atomic E-state index is -3.64. The smallest absolute Gasteiger partial charge is 0.264 e. The fraction of sp³-hybridized carbons (Fsp3) is 1.00. The Hall–Kier alpha value is -0.210. The molecule has 0 aromatic carbocycles. The van der Waals surface area contributed by atoms with Crippen molar-refractivity contribution in [2.45, 2.75) is 123 Å². The molecule has 1 unspecified atom stereocenters. The molecular formula is C28H50O6S. The molecule has 0 aromatic rings. The summed E-state index contributed by atoms with van der Waals surface area (Å²) in [5.74, 6) is 2.24. The highest BCUT2D eigenvalue weighted by Crippen LogP contribution is 2.68. The summed E-state index contributed by atoms with van der Waals surface area (Å²) in [5, 5.41) is 31.9. The van der Waals surface area contributed by atoms with E-state index in [1.807, 2.05) is 13.8 Å². The number of aliphatic hydroxyl groups excluding tert-OH is 2. The second kappa shape index (κ2) is 9.52. The van der Waals surface area contributed by atoms with Crippen molar-refractivity contribution in [2.75, 3.05) is 6.26 Å². The van der Waals surface area contributed by atoms with E-state index >= 15 is 0 Å². The monoisotopic (exact) mass is 514 g/mol. The Morgan fingerprint density at radius 2 is 1.71 bits per heavy atom. The largest absolute Gasteiger partial charge is 0.393 e. The second-order valence-electron chi connectivity index (χ2n) is 14.0. The average molecular weight is 515 g/mol. The highest BCUT2D eigenvalue weighted by molar-refractivity contribution is 7.86. The molecule has 4 rings (SSSR count). The van der Waals surface area contributed by atoms with Crippen molar-refractivity contribution >= 4 is 10.1 Å². The molecule has 7 heteroatoms. The normalized spacial score (nSPS) is 47.0. The first-order valence-electron chi connectivity index (χ1n) is 14.0. The van der Waals surface area contributed by atoms with Gasteiger partial charge in [-0.2, -0.15) is 8.42 Å². The van der Waals surface area contributed by atoms with Crippen LogP contribution in [0.2, 0.25) is 0 Å². The minimum absolute atomic E-state index is 0.153. The Bertz CT molecular complexity index is 867. The van der Waals surface area contributed by atoms with Crippen LogP contribution in [0.5, 0.6) is 0 Å². The van der Waals surface area contributed by atoms with Crippen LogP contribution in [0.3, 0.4) is 0 Å². The lowest BCUT2D eigenvalue weighted by Crippen LogP contribution is -2.63. The maximum absolute atomic E-state index is 12.2. The predicted octanol–water partition coefficient (Wildman–Crippen LogP) is 4.51. The summed E-state index contributed by atoms with van der Waals surface area (Å²) in [4.78, 5) is 0. The first kappa shape index (κ1) is 27.8. The summed E-state index contributed by atoms with van der Waals surface area (Å²) in [6, 6.07) is 0. The predicted molar refractivity (Wildman–Crippen MR) is 137 cm³/mol. The molecule has 35 heavy (non-hydrogen) atoms. The fourth-order valence-electron chi connectivity index (χ4n) is 9.66. The Kier molecular flexibility index (Phi) is 7.56. The van der Waals surface area contributed by atoms with Crippen LogP contribution >= 0.6 is 0 Å². The van der Waals surface area contributed by atoms with E-state index in [2.05, 4.69) is 20.8 Å². The zero-order valence-corrected chi connectivity index (χ0v) is 23.6. The van der Waals surface area contributed by atoms with Crippen molar-refractivity contribution in [3.63, 3.8) is 0 Å². The van der Waals surface area contributed by atoms with Crippen molar-refractivity contribution < 1.29 is 27.9 Å². The highest BCUT2D eigenvalue weighted by Gasteiger charge is 2.65. The number of hydrogen-bond acceptors (Lipinski definition) is 6. The zero-order valence-electron chi connectivity index (χ0n) is 22.7. The lowest BCUT2D eigenvalue weighted by atomic mass is 9.43. The van der Waals surface area contributed by atoms with Gasteiger partial charge in [-0.05, 0) is 106 Å². The first-order chi connectivity index (χ1) is 16.1. The second-order valence-corrected chi connectivity index (χ2v) is 15.6. The molecule has 0 bridgehead atoms. The van der Waals surface area contributed by atoms with E-state index in [1.54, 1.807) is 0 Å². The molecule has 6 nitrogen and oxygen atoms in total. The molecule has 4 aliphatic carbocycles. The van der Waals surface area contributed by atoms with Crippen LogP contribution in [0.4, 0.5) is 0 Å². The van der Waals surface area contributed by atoms with E-state index in [9.17, 15) is 23.7 Å². The molecule has 4 fully saturated rings. The van der Waals surface area contributed by atoms with E-state index in [0.717, 1.165) is 44.8 Å². The minimum Gasteiger partial charge on any atom is -0.393 e. The van der Waals surface area contributed by atoms with Gasteiger partial charge in [-0.1, -0.05) is 33.6 Å². The maximum atomic E-state index is 12.2. The van der Waals surface area contributed by atoms with E-state index in [-0.39, 0.29) is 11.3 Å². The van der Waals surface area contributed by atoms with Crippen LogP contribution in [0.1, 0.15) is 98.8 Å². The third kappa shape index (κ3) is 5.23. The van der Waals surface area contributed by atoms with Crippen LogP contribution in [-0.4, -0.2) is 53.9 Å². The van der Waals surface area contributed by atoms with Gasteiger partial charge in [-0.3, -0.25) is 4.18 Å². The molecule has 204 valence electrons. The zero-order chi connectivity index (χ0) is 26.0. The van der Waals surface area contributed by atoms with Crippen molar-refractivity contribution in [3.05, 3.63) is 0 Å². The van der Waals surface area contributed by atoms with Crippen LogP contribution in [0.15, 0.2) is 0 Å². The molecule has 0 spiro atoms. The summed E-state index contributed by atoms with van der Waals surface area (Å²) in [5.41, 5.74) is -0.834. The topological polar surface area (TPSA) is 104 Å². The van der Waals surface area contributed by atoms with Gasteiger partial charge in [-0.25, -0.2) is 0 Å². The molecule has 0 heterocycles. The molecule has 4 aliphatic rings. The summed E-state index contributed by atoms with van der Waals surface area (Å²) in [6.45, 7) is 10.8. The van der Waals surface area contributed by atoms with E-state index in [1.165, 1.54) is 6.42 Å². The van der Waals surface area contributed by atoms with E-state index in [4.69, 9.17) is 4.18 Å². The third-order valence-electron chi connectivity index (χ3n) is 11.2. The van der Waals surface area contributed by atoms with Crippen molar-refractivity contribution in [1.82, 2.24) is 0 Å². The lowest BCUT2D eigenvalue weighted by molar-refractivity contribution is -0.209. The molecule has 0 aliphatic heterocycles. The van der Waals surface area contributed by atoms with E-state index in [0.29, 0.717) is 48.9 Å². The van der Waals surface area contributed by atoms with Gasteiger partial charge in [0.2, 0.25) is 0 Å².